The highest BCUT2D eigenvalue weighted by molar-refractivity contribution is 6.31. The first-order valence-electron chi connectivity index (χ1n) is 11.9. The quantitative estimate of drug-likeness (QED) is 0.644. The Morgan fingerprint density at radius 2 is 1.71 bits per heavy atom. The summed E-state index contributed by atoms with van der Waals surface area (Å²) in [7, 11) is 0. The molecule has 0 spiro atoms. The first-order valence-corrected chi connectivity index (χ1v) is 12.3. The Morgan fingerprint density at radius 1 is 1.00 bits per heavy atom. The van der Waals surface area contributed by atoms with E-state index in [1.54, 1.807) is 0 Å². The number of benzene rings is 1. The maximum atomic E-state index is 12.7. The standard InChI is InChI=1S/C24H35ClN4O2/c25-21-9-2-1-8-20(21)22(29-12-3-4-13-29)16-26-23(30)17-28-14-10-19(11-15-28)27-24(31)18-6-5-7-18/h1-2,8-9,18-19,22H,3-7,10-17H2,(H,26,30)(H,27,31). The van der Waals surface area contributed by atoms with Gasteiger partial charge in [-0.2, -0.15) is 0 Å². The molecule has 2 heterocycles. The average molecular weight is 447 g/mol. The summed E-state index contributed by atoms with van der Waals surface area (Å²) in [5.41, 5.74) is 1.09. The molecule has 1 aromatic rings. The Morgan fingerprint density at radius 3 is 2.35 bits per heavy atom. The summed E-state index contributed by atoms with van der Waals surface area (Å²) in [6.07, 6.45) is 7.49. The van der Waals surface area contributed by atoms with Gasteiger partial charge in [0.15, 0.2) is 0 Å². The molecule has 2 N–H and O–H groups in total. The van der Waals surface area contributed by atoms with Gasteiger partial charge >= 0.3 is 0 Å². The Hall–Kier alpha value is -1.63. The lowest BCUT2D eigenvalue weighted by Crippen LogP contribution is -2.49. The Labute approximate surface area is 190 Å². The summed E-state index contributed by atoms with van der Waals surface area (Å²) in [5.74, 6) is 0.536. The maximum Gasteiger partial charge on any atom is 0.234 e. The minimum atomic E-state index is 0.0632. The van der Waals surface area contributed by atoms with Crippen LogP contribution in [-0.4, -0.2) is 66.9 Å². The van der Waals surface area contributed by atoms with Crippen LogP contribution in [0.4, 0.5) is 0 Å². The van der Waals surface area contributed by atoms with Gasteiger partial charge in [-0.3, -0.25) is 19.4 Å². The van der Waals surface area contributed by atoms with E-state index in [9.17, 15) is 9.59 Å². The summed E-state index contributed by atoms with van der Waals surface area (Å²) in [5, 5.41) is 7.12. The molecule has 2 saturated heterocycles. The molecule has 7 heteroatoms. The predicted molar refractivity (Wildman–Crippen MR) is 123 cm³/mol. The first kappa shape index (κ1) is 22.6. The van der Waals surface area contributed by atoms with E-state index in [-0.39, 0.29) is 29.8 Å². The fraction of sp³-hybridized carbons (Fsp3) is 0.667. The molecule has 3 fully saturated rings. The summed E-state index contributed by atoms with van der Waals surface area (Å²) < 4.78 is 0. The largest absolute Gasteiger partial charge is 0.353 e. The molecule has 0 radical (unpaired) electrons. The number of piperidine rings is 1. The zero-order valence-electron chi connectivity index (χ0n) is 18.3. The van der Waals surface area contributed by atoms with E-state index in [0.717, 1.165) is 62.4 Å². The number of amides is 2. The van der Waals surface area contributed by atoms with Gasteiger partial charge in [-0.05, 0) is 63.2 Å². The molecule has 1 unspecified atom stereocenters. The van der Waals surface area contributed by atoms with Crippen molar-refractivity contribution in [1.82, 2.24) is 20.4 Å². The third kappa shape index (κ3) is 5.99. The van der Waals surface area contributed by atoms with Crippen molar-refractivity contribution in [3.63, 3.8) is 0 Å². The molecule has 170 valence electrons. The molecule has 4 rings (SSSR count). The summed E-state index contributed by atoms with van der Waals surface area (Å²) in [4.78, 5) is 29.4. The van der Waals surface area contributed by atoms with E-state index in [1.165, 1.54) is 19.3 Å². The first-order chi connectivity index (χ1) is 15.1. The van der Waals surface area contributed by atoms with Crippen molar-refractivity contribution in [1.29, 1.82) is 0 Å². The molecule has 1 aliphatic carbocycles. The second kappa shape index (κ2) is 10.8. The van der Waals surface area contributed by atoms with Crippen LogP contribution in [0.25, 0.3) is 0 Å². The van der Waals surface area contributed by atoms with Crippen LogP contribution in [0.15, 0.2) is 24.3 Å². The van der Waals surface area contributed by atoms with Gasteiger partial charge in [0.2, 0.25) is 11.8 Å². The van der Waals surface area contributed by atoms with E-state index in [1.807, 2.05) is 18.2 Å². The molecular weight excluding hydrogens is 412 g/mol. The van der Waals surface area contributed by atoms with E-state index >= 15 is 0 Å². The van der Waals surface area contributed by atoms with Crippen LogP contribution >= 0.6 is 11.6 Å². The number of hydrogen-bond acceptors (Lipinski definition) is 4. The van der Waals surface area contributed by atoms with Crippen LogP contribution in [-0.2, 0) is 9.59 Å². The van der Waals surface area contributed by atoms with Crippen LogP contribution in [0, 0.1) is 5.92 Å². The number of rotatable bonds is 8. The van der Waals surface area contributed by atoms with Crippen molar-refractivity contribution in [2.75, 3.05) is 39.3 Å². The van der Waals surface area contributed by atoms with Crippen molar-refractivity contribution in [2.24, 2.45) is 5.92 Å². The molecule has 31 heavy (non-hydrogen) atoms. The third-order valence-corrected chi connectivity index (χ3v) is 7.46. The fourth-order valence-corrected chi connectivity index (χ4v) is 5.19. The second-order valence-electron chi connectivity index (χ2n) is 9.27. The Kier molecular flexibility index (Phi) is 7.86. The van der Waals surface area contributed by atoms with Crippen LogP contribution in [0.2, 0.25) is 5.02 Å². The number of hydrogen-bond donors (Lipinski definition) is 2. The lowest BCUT2D eigenvalue weighted by molar-refractivity contribution is -0.129. The molecule has 2 aliphatic heterocycles. The highest BCUT2D eigenvalue weighted by atomic mass is 35.5. The molecule has 2 amide bonds. The van der Waals surface area contributed by atoms with Gasteiger partial charge < -0.3 is 10.6 Å². The lowest BCUT2D eigenvalue weighted by Gasteiger charge is -2.34. The molecule has 0 bridgehead atoms. The van der Waals surface area contributed by atoms with Crippen LogP contribution < -0.4 is 10.6 Å². The monoisotopic (exact) mass is 446 g/mol. The van der Waals surface area contributed by atoms with Crippen molar-refractivity contribution in [3.8, 4) is 0 Å². The number of likely N-dealkylation sites (tertiary alicyclic amines) is 2. The SMILES string of the molecule is O=C(CN1CCC(NC(=O)C2CCC2)CC1)NCC(c1ccccc1Cl)N1CCCC1. The minimum absolute atomic E-state index is 0.0632. The van der Waals surface area contributed by atoms with Crippen LogP contribution in [0.3, 0.4) is 0 Å². The second-order valence-corrected chi connectivity index (χ2v) is 9.68. The Bertz CT molecular complexity index is 756. The van der Waals surface area contributed by atoms with E-state index < -0.39 is 0 Å². The zero-order chi connectivity index (χ0) is 21.6. The third-order valence-electron chi connectivity index (χ3n) is 7.12. The van der Waals surface area contributed by atoms with Gasteiger partial charge in [0.25, 0.3) is 0 Å². The van der Waals surface area contributed by atoms with Crippen LogP contribution in [0.5, 0.6) is 0 Å². The van der Waals surface area contributed by atoms with Gasteiger partial charge in [0.05, 0.1) is 12.6 Å². The molecule has 3 aliphatic rings. The van der Waals surface area contributed by atoms with Crippen molar-refractivity contribution >= 4 is 23.4 Å². The fourth-order valence-electron chi connectivity index (χ4n) is 4.93. The highest BCUT2D eigenvalue weighted by Gasteiger charge is 2.29. The lowest BCUT2D eigenvalue weighted by atomic mass is 9.84. The molecule has 1 atom stereocenters. The van der Waals surface area contributed by atoms with Gasteiger partial charge in [-0.15, -0.1) is 0 Å². The number of halogens is 1. The number of carbonyl (C=O) groups excluding carboxylic acids is 2. The van der Waals surface area contributed by atoms with Gasteiger partial charge in [-0.25, -0.2) is 0 Å². The Balaban J connectivity index is 1.22. The predicted octanol–water partition coefficient (Wildman–Crippen LogP) is 2.97. The molecule has 1 aromatic carbocycles. The number of nitrogens with one attached hydrogen (secondary N) is 2. The molecule has 1 saturated carbocycles. The normalized spacial score (nSPS) is 22.1. The molecule has 6 nitrogen and oxygen atoms in total. The van der Waals surface area contributed by atoms with E-state index in [2.05, 4.69) is 26.5 Å². The minimum Gasteiger partial charge on any atom is -0.353 e. The van der Waals surface area contributed by atoms with E-state index in [0.29, 0.717) is 13.1 Å². The van der Waals surface area contributed by atoms with E-state index in [4.69, 9.17) is 11.6 Å². The zero-order valence-corrected chi connectivity index (χ0v) is 19.1. The summed E-state index contributed by atoms with van der Waals surface area (Å²) >= 11 is 6.47. The number of carbonyl (C=O) groups is 2. The van der Waals surface area contributed by atoms with Crippen molar-refractivity contribution < 1.29 is 9.59 Å². The molecule has 0 aromatic heterocycles. The van der Waals surface area contributed by atoms with Gasteiger partial charge in [0, 0.05) is 36.6 Å². The number of nitrogens with zero attached hydrogens (tertiary/aromatic N) is 2. The van der Waals surface area contributed by atoms with Crippen LogP contribution in [0.1, 0.15) is 56.6 Å². The molecular formula is C24H35ClN4O2. The summed E-state index contributed by atoms with van der Waals surface area (Å²) in [6.45, 7) is 4.79. The maximum absolute atomic E-state index is 12.7. The summed E-state index contributed by atoms with van der Waals surface area (Å²) in [6, 6.07) is 8.33. The van der Waals surface area contributed by atoms with Gasteiger partial charge in [-0.1, -0.05) is 36.2 Å². The topological polar surface area (TPSA) is 64.7 Å². The van der Waals surface area contributed by atoms with Crippen molar-refractivity contribution in [3.05, 3.63) is 34.9 Å². The van der Waals surface area contributed by atoms with Gasteiger partial charge in [0.1, 0.15) is 0 Å². The smallest absolute Gasteiger partial charge is 0.234 e. The average Bonchev–Trinajstić information content (AvgIpc) is 3.24. The highest BCUT2D eigenvalue weighted by Crippen LogP contribution is 2.30. The van der Waals surface area contributed by atoms with Crippen molar-refractivity contribution in [2.45, 2.75) is 57.0 Å².